The predicted octanol–water partition coefficient (Wildman–Crippen LogP) is 4.48. The Bertz CT molecular complexity index is 902. The molecule has 1 amide bonds. The van der Waals surface area contributed by atoms with Crippen LogP contribution in [0.4, 0.5) is 5.82 Å². The predicted molar refractivity (Wildman–Crippen MR) is 98.1 cm³/mol. The van der Waals surface area contributed by atoms with Crippen LogP contribution in [0.25, 0.3) is 11.5 Å². The van der Waals surface area contributed by atoms with Crippen LogP contribution in [0.15, 0.2) is 46.2 Å². The number of benzene rings is 1. The molecule has 0 saturated carbocycles. The third kappa shape index (κ3) is 4.31. The van der Waals surface area contributed by atoms with Crippen molar-refractivity contribution in [1.29, 1.82) is 0 Å². The van der Waals surface area contributed by atoms with Gasteiger partial charge in [0.2, 0.25) is 11.8 Å². The van der Waals surface area contributed by atoms with E-state index < -0.39 is 0 Å². The monoisotopic (exact) mass is 394 g/mol. The van der Waals surface area contributed by atoms with Crippen LogP contribution in [-0.4, -0.2) is 26.8 Å². The van der Waals surface area contributed by atoms with Gasteiger partial charge in [0.15, 0.2) is 5.82 Å². The summed E-state index contributed by atoms with van der Waals surface area (Å²) in [6.45, 7) is 1.75. The zero-order valence-corrected chi connectivity index (χ0v) is 15.3. The summed E-state index contributed by atoms with van der Waals surface area (Å²) < 4.78 is 5.53. The van der Waals surface area contributed by atoms with Gasteiger partial charge in [-0.05, 0) is 24.6 Å². The van der Waals surface area contributed by atoms with Crippen molar-refractivity contribution in [1.82, 2.24) is 15.2 Å². The van der Waals surface area contributed by atoms with Crippen molar-refractivity contribution in [3.8, 4) is 11.5 Å². The highest BCUT2D eigenvalue weighted by molar-refractivity contribution is 7.99. The molecule has 0 fully saturated rings. The minimum atomic E-state index is -0.291. The first kappa shape index (κ1) is 17.7. The fourth-order valence-corrected chi connectivity index (χ4v) is 2.86. The van der Waals surface area contributed by atoms with E-state index in [-0.39, 0.29) is 17.5 Å². The SMILES string of the molecule is Cc1c(Cl)cnc(NC(=O)CSc2nnc(-c3ccccc3)o2)c1Cl. The summed E-state index contributed by atoms with van der Waals surface area (Å²) in [5, 5.41) is 11.6. The normalized spacial score (nSPS) is 10.7. The van der Waals surface area contributed by atoms with E-state index in [2.05, 4.69) is 20.5 Å². The Hall–Kier alpha value is -2.09. The molecule has 6 nitrogen and oxygen atoms in total. The van der Waals surface area contributed by atoms with E-state index >= 15 is 0 Å². The molecule has 0 saturated heterocycles. The average molecular weight is 395 g/mol. The van der Waals surface area contributed by atoms with Crippen LogP contribution in [0.2, 0.25) is 10.0 Å². The number of halogens is 2. The molecule has 1 N–H and O–H groups in total. The Kier molecular flexibility index (Phi) is 5.57. The lowest BCUT2D eigenvalue weighted by Crippen LogP contribution is -2.15. The molecule has 1 aromatic carbocycles. The van der Waals surface area contributed by atoms with Crippen molar-refractivity contribution < 1.29 is 9.21 Å². The quantitative estimate of drug-likeness (QED) is 0.642. The molecule has 3 aromatic rings. The van der Waals surface area contributed by atoms with Crippen LogP contribution in [0.3, 0.4) is 0 Å². The van der Waals surface area contributed by atoms with Gasteiger partial charge in [0.25, 0.3) is 5.22 Å². The van der Waals surface area contributed by atoms with Crippen molar-refractivity contribution in [3.05, 3.63) is 52.1 Å². The largest absolute Gasteiger partial charge is 0.411 e. The van der Waals surface area contributed by atoms with E-state index in [0.29, 0.717) is 26.7 Å². The molecule has 0 atom stereocenters. The molecule has 25 heavy (non-hydrogen) atoms. The van der Waals surface area contributed by atoms with Crippen molar-refractivity contribution in [2.45, 2.75) is 12.1 Å². The lowest BCUT2D eigenvalue weighted by Gasteiger charge is -2.08. The zero-order valence-electron chi connectivity index (χ0n) is 13.0. The van der Waals surface area contributed by atoms with Gasteiger partial charge in [0, 0.05) is 11.8 Å². The molecular weight excluding hydrogens is 383 g/mol. The molecule has 0 aliphatic carbocycles. The number of nitrogens with one attached hydrogen (secondary N) is 1. The maximum atomic E-state index is 12.1. The average Bonchev–Trinajstić information content (AvgIpc) is 3.10. The van der Waals surface area contributed by atoms with Gasteiger partial charge < -0.3 is 9.73 Å². The molecule has 0 aliphatic heterocycles. The number of pyridine rings is 1. The van der Waals surface area contributed by atoms with Crippen LogP contribution in [0.1, 0.15) is 5.56 Å². The van der Waals surface area contributed by atoms with Gasteiger partial charge in [0.1, 0.15) is 0 Å². The lowest BCUT2D eigenvalue weighted by molar-refractivity contribution is -0.113. The summed E-state index contributed by atoms with van der Waals surface area (Å²) in [5.74, 6) is 0.461. The van der Waals surface area contributed by atoms with E-state index in [0.717, 1.165) is 17.3 Å². The number of aromatic nitrogens is 3. The maximum absolute atomic E-state index is 12.1. The first-order valence-corrected chi connectivity index (χ1v) is 8.91. The van der Waals surface area contributed by atoms with Gasteiger partial charge in [-0.1, -0.05) is 53.2 Å². The van der Waals surface area contributed by atoms with Crippen LogP contribution in [0.5, 0.6) is 0 Å². The smallest absolute Gasteiger partial charge is 0.277 e. The molecule has 0 radical (unpaired) electrons. The van der Waals surface area contributed by atoms with E-state index in [1.165, 1.54) is 6.20 Å². The first-order valence-electron chi connectivity index (χ1n) is 7.17. The molecular formula is C16H12Cl2N4O2S. The van der Waals surface area contributed by atoms with Gasteiger partial charge in [-0.2, -0.15) is 0 Å². The number of rotatable bonds is 5. The lowest BCUT2D eigenvalue weighted by atomic mass is 10.2. The van der Waals surface area contributed by atoms with Crippen molar-refractivity contribution in [3.63, 3.8) is 0 Å². The number of nitrogens with zero attached hydrogens (tertiary/aromatic N) is 3. The second kappa shape index (κ2) is 7.86. The van der Waals surface area contributed by atoms with Crippen molar-refractivity contribution >= 4 is 46.7 Å². The fraction of sp³-hybridized carbons (Fsp3) is 0.125. The molecule has 0 bridgehead atoms. The van der Waals surface area contributed by atoms with E-state index in [1.54, 1.807) is 6.92 Å². The number of carbonyl (C=O) groups is 1. The summed E-state index contributed by atoms with van der Waals surface area (Å²) in [6, 6.07) is 9.39. The molecule has 2 aromatic heterocycles. The second-order valence-corrected chi connectivity index (χ2v) is 6.68. The summed E-state index contributed by atoms with van der Waals surface area (Å²) in [4.78, 5) is 16.1. The summed E-state index contributed by atoms with van der Waals surface area (Å²) in [7, 11) is 0. The van der Waals surface area contributed by atoms with Crippen LogP contribution >= 0.6 is 35.0 Å². The van der Waals surface area contributed by atoms with Crippen molar-refractivity contribution in [2.24, 2.45) is 0 Å². The van der Waals surface area contributed by atoms with Crippen LogP contribution < -0.4 is 5.32 Å². The summed E-state index contributed by atoms with van der Waals surface area (Å²) in [6.07, 6.45) is 1.44. The molecule has 0 spiro atoms. The highest BCUT2D eigenvalue weighted by Crippen LogP contribution is 2.29. The van der Waals surface area contributed by atoms with Crippen LogP contribution in [0, 0.1) is 6.92 Å². The minimum absolute atomic E-state index is 0.0795. The van der Waals surface area contributed by atoms with E-state index in [1.807, 2.05) is 30.3 Å². The zero-order chi connectivity index (χ0) is 17.8. The van der Waals surface area contributed by atoms with Gasteiger partial charge in [0.05, 0.1) is 15.8 Å². The van der Waals surface area contributed by atoms with E-state index in [9.17, 15) is 4.79 Å². The maximum Gasteiger partial charge on any atom is 0.277 e. The minimum Gasteiger partial charge on any atom is -0.411 e. The number of hydrogen-bond acceptors (Lipinski definition) is 6. The van der Waals surface area contributed by atoms with Gasteiger partial charge >= 0.3 is 0 Å². The Morgan fingerprint density at radius 3 is 2.76 bits per heavy atom. The number of carbonyl (C=O) groups excluding carboxylic acids is 1. The Morgan fingerprint density at radius 1 is 1.24 bits per heavy atom. The molecule has 128 valence electrons. The fourth-order valence-electron chi connectivity index (χ4n) is 1.91. The summed E-state index contributed by atoms with van der Waals surface area (Å²) >= 11 is 13.2. The number of thioether (sulfide) groups is 1. The van der Waals surface area contributed by atoms with Crippen molar-refractivity contribution in [2.75, 3.05) is 11.1 Å². The second-order valence-electron chi connectivity index (χ2n) is 4.97. The Labute approximate surface area is 158 Å². The van der Waals surface area contributed by atoms with Gasteiger partial charge in [-0.15, -0.1) is 10.2 Å². The number of anilines is 1. The van der Waals surface area contributed by atoms with Crippen LogP contribution in [-0.2, 0) is 4.79 Å². The molecule has 0 aliphatic rings. The standard InChI is InChI=1S/C16H12Cl2N4O2S/c1-9-11(17)7-19-14(13(9)18)20-12(23)8-25-16-22-21-15(24-16)10-5-3-2-4-6-10/h2-7H,8H2,1H3,(H,19,20,23). The molecule has 9 heteroatoms. The molecule has 2 heterocycles. The Balaban J connectivity index is 1.60. The Morgan fingerprint density at radius 2 is 2.00 bits per heavy atom. The van der Waals surface area contributed by atoms with Gasteiger partial charge in [-0.3, -0.25) is 4.79 Å². The van der Waals surface area contributed by atoms with E-state index in [4.69, 9.17) is 27.6 Å². The first-order chi connectivity index (χ1) is 12.0. The summed E-state index contributed by atoms with van der Waals surface area (Å²) in [5.41, 5.74) is 1.48. The topological polar surface area (TPSA) is 80.9 Å². The van der Waals surface area contributed by atoms with Gasteiger partial charge in [-0.25, -0.2) is 4.98 Å². The number of hydrogen-bond donors (Lipinski definition) is 1. The number of amides is 1. The highest BCUT2D eigenvalue weighted by Gasteiger charge is 2.14. The third-order valence-electron chi connectivity index (χ3n) is 3.21. The molecule has 0 unspecified atom stereocenters. The highest BCUT2D eigenvalue weighted by atomic mass is 35.5. The third-order valence-corrected chi connectivity index (χ3v) is 4.88. The molecule has 3 rings (SSSR count).